The van der Waals surface area contributed by atoms with Gasteiger partial charge in [0.15, 0.2) is 0 Å². The lowest BCUT2D eigenvalue weighted by Crippen LogP contribution is -2.58. The van der Waals surface area contributed by atoms with Gasteiger partial charge in [-0.15, -0.1) is 0 Å². The number of amides is 5. The number of hydrogen-bond donors (Lipinski definition) is 3. The molecule has 2 aromatic rings. The molecule has 1 saturated carbocycles. The summed E-state index contributed by atoms with van der Waals surface area (Å²) in [6.07, 6.45) is 4.41. The fourth-order valence-electron chi connectivity index (χ4n) is 7.32. The van der Waals surface area contributed by atoms with Gasteiger partial charge in [0.25, 0.3) is 15.9 Å². The highest BCUT2D eigenvalue weighted by Crippen LogP contribution is 2.46. The fraction of sp³-hybridized carbons (Fsp3) is 0.513. The van der Waals surface area contributed by atoms with Crippen molar-refractivity contribution in [3.8, 4) is 5.75 Å². The molecule has 1 aliphatic carbocycles. The van der Waals surface area contributed by atoms with E-state index in [1.54, 1.807) is 25.7 Å². The molecular formula is C39H49N5O10S. The number of hydrogen-bond acceptors (Lipinski definition) is 10. The highest BCUT2D eigenvalue weighted by molar-refractivity contribution is 7.90. The van der Waals surface area contributed by atoms with Gasteiger partial charge >= 0.3 is 12.2 Å². The van der Waals surface area contributed by atoms with Crippen LogP contribution in [-0.2, 0) is 47.0 Å². The van der Waals surface area contributed by atoms with E-state index in [0.29, 0.717) is 31.7 Å². The molecule has 3 heterocycles. The Labute approximate surface area is 321 Å². The average molecular weight is 780 g/mol. The van der Waals surface area contributed by atoms with E-state index in [1.165, 1.54) is 36.3 Å². The molecule has 4 aliphatic rings. The molecule has 3 N–H and O–H groups in total. The molecule has 15 nitrogen and oxygen atoms in total. The van der Waals surface area contributed by atoms with Gasteiger partial charge < -0.3 is 29.7 Å². The Morgan fingerprint density at radius 3 is 2.31 bits per heavy atom. The number of nitrogens with zero attached hydrogens (tertiary/aromatic N) is 2. The zero-order valence-electron chi connectivity index (χ0n) is 31.5. The molecule has 296 valence electrons. The molecule has 55 heavy (non-hydrogen) atoms. The maximum absolute atomic E-state index is 14.4. The lowest BCUT2D eigenvalue weighted by Gasteiger charge is -2.30. The zero-order valence-corrected chi connectivity index (χ0v) is 32.4. The first kappa shape index (κ1) is 39.6. The summed E-state index contributed by atoms with van der Waals surface area (Å²) in [6.45, 7) is 5.66. The van der Waals surface area contributed by atoms with Crippen LogP contribution in [0.25, 0.3) is 0 Å². The van der Waals surface area contributed by atoms with Crippen molar-refractivity contribution < 1.29 is 46.6 Å². The van der Waals surface area contributed by atoms with E-state index >= 15 is 0 Å². The van der Waals surface area contributed by atoms with Crippen molar-refractivity contribution in [2.24, 2.45) is 5.92 Å². The number of rotatable bonds is 6. The first-order valence-electron chi connectivity index (χ1n) is 18.6. The van der Waals surface area contributed by atoms with Crippen molar-refractivity contribution >= 4 is 39.9 Å². The Bertz CT molecular complexity index is 1920. The number of methoxy groups -OCH3 is 1. The SMILES string of the molecule is COc1ccc(S(=O)(=O)NC(=O)[C@@]23C[C@H]2/C=C\CCCCC[C@H](NC(=O)OC(C)(C)C)C(=O)N2C[C@H](OC(=O)N4Cc5ccccc5C4)C[C@H]2C(=O)N3)cc1. The summed E-state index contributed by atoms with van der Waals surface area (Å²) in [5, 5.41) is 5.50. The smallest absolute Gasteiger partial charge is 0.410 e. The van der Waals surface area contributed by atoms with Crippen LogP contribution in [0.4, 0.5) is 9.59 Å². The average Bonchev–Trinajstić information content (AvgIpc) is 3.42. The molecule has 0 unspecified atom stereocenters. The van der Waals surface area contributed by atoms with Crippen LogP contribution >= 0.6 is 0 Å². The molecule has 16 heteroatoms. The van der Waals surface area contributed by atoms with Crippen LogP contribution in [0.1, 0.15) is 76.8 Å². The van der Waals surface area contributed by atoms with Crippen molar-refractivity contribution in [2.45, 2.75) is 113 Å². The van der Waals surface area contributed by atoms with Gasteiger partial charge in [-0.25, -0.2) is 22.7 Å². The quantitative estimate of drug-likeness (QED) is 0.363. The minimum Gasteiger partial charge on any atom is -0.497 e. The number of carbonyl (C=O) groups excluding carboxylic acids is 5. The maximum Gasteiger partial charge on any atom is 0.410 e. The summed E-state index contributed by atoms with van der Waals surface area (Å²) in [4.78, 5) is 71.7. The summed E-state index contributed by atoms with van der Waals surface area (Å²) >= 11 is 0. The third kappa shape index (κ3) is 9.23. The Hall–Kier alpha value is -5.12. The Kier molecular flexibility index (Phi) is 11.5. The molecule has 0 radical (unpaired) electrons. The van der Waals surface area contributed by atoms with Gasteiger partial charge in [0.1, 0.15) is 35.1 Å². The van der Waals surface area contributed by atoms with Crippen molar-refractivity contribution in [1.29, 1.82) is 0 Å². The van der Waals surface area contributed by atoms with Crippen LogP contribution in [-0.4, -0.2) is 91.1 Å². The molecule has 2 fully saturated rings. The summed E-state index contributed by atoms with van der Waals surface area (Å²) in [5.41, 5.74) is -0.475. The molecule has 1 saturated heterocycles. The fourth-order valence-corrected chi connectivity index (χ4v) is 8.36. The van der Waals surface area contributed by atoms with E-state index in [2.05, 4.69) is 15.4 Å². The van der Waals surface area contributed by atoms with Gasteiger partial charge in [-0.2, -0.15) is 0 Å². The lowest BCUT2D eigenvalue weighted by atomic mass is 10.0. The highest BCUT2D eigenvalue weighted by atomic mass is 32.2. The maximum atomic E-state index is 14.4. The Morgan fingerprint density at radius 1 is 0.964 bits per heavy atom. The van der Waals surface area contributed by atoms with Crippen molar-refractivity contribution in [3.05, 3.63) is 71.8 Å². The number of allylic oxidation sites excluding steroid dienone is 1. The van der Waals surface area contributed by atoms with Gasteiger partial charge in [-0.05, 0) is 81.8 Å². The minimum absolute atomic E-state index is 0.0917. The monoisotopic (exact) mass is 779 g/mol. The number of carbonyl (C=O) groups is 5. The Balaban J connectivity index is 1.26. The van der Waals surface area contributed by atoms with Crippen molar-refractivity contribution in [3.63, 3.8) is 0 Å². The zero-order chi connectivity index (χ0) is 39.5. The predicted octanol–water partition coefficient (Wildman–Crippen LogP) is 3.91. The van der Waals surface area contributed by atoms with Crippen molar-refractivity contribution in [1.82, 2.24) is 25.2 Å². The number of fused-ring (bicyclic) bond motifs is 3. The minimum atomic E-state index is -4.35. The van der Waals surface area contributed by atoms with Gasteiger partial charge in [0, 0.05) is 25.4 Å². The first-order chi connectivity index (χ1) is 26.1. The van der Waals surface area contributed by atoms with Gasteiger partial charge in [-0.1, -0.05) is 49.3 Å². The molecule has 2 aromatic carbocycles. The van der Waals surface area contributed by atoms with Gasteiger partial charge in [0.05, 0.1) is 18.6 Å². The van der Waals surface area contributed by atoms with Crippen LogP contribution in [0.3, 0.4) is 0 Å². The third-order valence-corrected chi connectivity index (χ3v) is 11.6. The molecule has 0 spiro atoms. The summed E-state index contributed by atoms with van der Waals surface area (Å²) < 4.78 is 45.3. The molecule has 5 amide bonds. The van der Waals surface area contributed by atoms with E-state index in [0.717, 1.165) is 24.0 Å². The summed E-state index contributed by atoms with van der Waals surface area (Å²) in [6, 6.07) is 10.9. The number of alkyl carbamates (subject to hydrolysis) is 1. The molecular weight excluding hydrogens is 731 g/mol. The molecule has 6 rings (SSSR count). The molecule has 0 bridgehead atoms. The van der Waals surface area contributed by atoms with Gasteiger partial charge in [-0.3, -0.25) is 19.3 Å². The van der Waals surface area contributed by atoms with E-state index in [-0.39, 0.29) is 30.7 Å². The van der Waals surface area contributed by atoms with Crippen molar-refractivity contribution in [2.75, 3.05) is 13.7 Å². The standard InChI is InChI=1S/C39H49N5O10S/c1-38(2,3)54-36(48)40-31-15-9-7-5-6-8-14-27-21-39(27,35(47)42-55(50,51)30-18-16-28(52-4)17-19-30)41-33(45)32-20-29(24-44(32)34(31)46)53-37(49)43-22-25-12-10-11-13-26(25)23-43/h8,10-14,16-19,27,29,31-32H,5-7,9,15,20-24H2,1-4H3,(H,40,48)(H,41,45)(H,42,47)/b14-8-/t27-,29-,31+,32+,39-/m1/s1. The normalized spacial score (nSPS) is 26.2. The summed E-state index contributed by atoms with van der Waals surface area (Å²) in [7, 11) is -2.90. The summed E-state index contributed by atoms with van der Waals surface area (Å²) in [5.74, 6) is -2.31. The lowest BCUT2D eigenvalue weighted by molar-refractivity contribution is -0.141. The Morgan fingerprint density at radius 2 is 1.65 bits per heavy atom. The number of ether oxygens (including phenoxy) is 3. The second-order valence-corrected chi connectivity index (χ2v) is 17.2. The van der Waals surface area contributed by atoms with Crippen LogP contribution < -0.4 is 20.1 Å². The highest BCUT2D eigenvalue weighted by Gasteiger charge is 2.61. The van der Waals surface area contributed by atoms with Crippen LogP contribution in [0.15, 0.2) is 65.6 Å². The van der Waals surface area contributed by atoms with E-state index < -0.39 is 75.2 Å². The van der Waals surface area contributed by atoms with E-state index in [1.807, 2.05) is 36.4 Å². The largest absolute Gasteiger partial charge is 0.497 e. The molecule has 5 atom stereocenters. The van der Waals surface area contributed by atoms with Crippen LogP contribution in [0.2, 0.25) is 0 Å². The number of nitrogens with one attached hydrogen (secondary N) is 3. The molecule has 0 aromatic heterocycles. The third-order valence-electron chi connectivity index (χ3n) is 10.3. The number of benzene rings is 2. The second-order valence-electron chi connectivity index (χ2n) is 15.5. The van der Waals surface area contributed by atoms with Crippen LogP contribution in [0.5, 0.6) is 5.75 Å². The number of sulfonamides is 1. The van der Waals surface area contributed by atoms with E-state index in [9.17, 15) is 32.4 Å². The predicted molar refractivity (Wildman–Crippen MR) is 199 cm³/mol. The van der Waals surface area contributed by atoms with Crippen LogP contribution in [0, 0.1) is 5.92 Å². The van der Waals surface area contributed by atoms with Gasteiger partial charge in [0.2, 0.25) is 11.8 Å². The topological polar surface area (TPSA) is 190 Å². The first-order valence-corrected chi connectivity index (χ1v) is 20.1. The second kappa shape index (κ2) is 15.9. The molecule has 3 aliphatic heterocycles. The van der Waals surface area contributed by atoms with E-state index in [4.69, 9.17) is 14.2 Å².